The minimum Gasteiger partial charge on any atom is -0.317 e. The number of nitrogens with one attached hydrogen (secondary N) is 2. The molecule has 0 atom stereocenters. The summed E-state index contributed by atoms with van der Waals surface area (Å²) in [6.45, 7) is 3.70. The lowest BCUT2D eigenvalue weighted by Crippen LogP contribution is -2.27. The van der Waals surface area contributed by atoms with Gasteiger partial charge in [-0.2, -0.15) is 15.2 Å². The minimum absolute atomic E-state index is 0. The highest BCUT2D eigenvalue weighted by Gasteiger charge is 2.22. The van der Waals surface area contributed by atoms with Gasteiger partial charge in [-0.3, -0.25) is 10.1 Å². The van der Waals surface area contributed by atoms with E-state index in [0.717, 1.165) is 31.8 Å². The van der Waals surface area contributed by atoms with Crippen molar-refractivity contribution >= 4 is 24.3 Å². The number of hydrogen-bond acceptors (Lipinski definition) is 5. The number of benzene rings is 1. The van der Waals surface area contributed by atoms with Gasteiger partial charge in [-0.15, -0.1) is 12.4 Å². The predicted molar refractivity (Wildman–Crippen MR) is 109 cm³/mol. The minimum atomic E-state index is -0.321. The maximum Gasteiger partial charge on any atom is 0.261 e. The van der Waals surface area contributed by atoms with E-state index in [1.807, 2.05) is 0 Å². The van der Waals surface area contributed by atoms with Gasteiger partial charge in [0.05, 0.1) is 23.1 Å². The van der Waals surface area contributed by atoms with Gasteiger partial charge >= 0.3 is 0 Å². The third-order valence-corrected chi connectivity index (χ3v) is 5.03. The van der Waals surface area contributed by atoms with E-state index in [1.54, 1.807) is 35.5 Å². The van der Waals surface area contributed by atoms with Crippen molar-refractivity contribution in [3.63, 3.8) is 0 Å². The zero-order valence-corrected chi connectivity index (χ0v) is 17.0. The van der Waals surface area contributed by atoms with Crippen LogP contribution in [0.1, 0.15) is 40.6 Å². The number of anilines is 1. The summed E-state index contributed by atoms with van der Waals surface area (Å²) in [4.78, 5) is 17.3. The van der Waals surface area contributed by atoms with Gasteiger partial charge in [0.15, 0.2) is 5.82 Å². The number of aryl methyl sites for hydroxylation is 1. The van der Waals surface area contributed by atoms with Crippen molar-refractivity contribution in [3.8, 4) is 5.69 Å². The van der Waals surface area contributed by atoms with Crippen molar-refractivity contribution in [2.45, 2.75) is 25.7 Å². The Kier molecular flexibility index (Phi) is 6.29. The molecule has 0 unspecified atom stereocenters. The van der Waals surface area contributed by atoms with E-state index in [4.69, 9.17) is 0 Å². The molecule has 10 heteroatoms. The van der Waals surface area contributed by atoms with Crippen LogP contribution in [-0.4, -0.2) is 43.5 Å². The Morgan fingerprint density at radius 1 is 1.24 bits per heavy atom. The molecule has 1 aliphatic heterocycles. The number of carbonyl (C=O) groups excluding carboxylic acids is 1. The fourth-order valence-corrected chi connectivity index (χ4v) is 3.41. The molecule has 1 saturated heterocycles. The first-order chi connectivity index (χ1) is 13.5. The molecular weight excluding hydrogens is 397 g/mol. The van der Waals surface area contributed by atoms with Crippen LogP contribution in [0.15, 0.2) is 30.5 Å². The van der Waals surface area contributed by atoms with Gasteiger partial charge in [-0.25, -0.2) is 13.8 Å². The lowest BCUT2D eigenvalue weighted by molar-refractivity contribution is 0.102. The maximum absolute atomic E-state index is 13.1. The van der Waals surface area contributed by atoms with Crippen LogP contribution in [0, 0.1) is 12.7 Å². The average Bonchev–Trinajstić information content (AvgIpc) is 3.26. The highest BCUT2D eigenvalue weighted by molar-refractivity contribution is 6.04. The molecule has 4 rings (SSSR count). The Balaban J connectivity index is 0.00000240. The molecular formula is C19H23ClFN7O. The van der Waals surface area contributed by atoms with Crippen LogP contribution in [0.5, 0.6) is 0 Å². The molecule has 1 fully saturated rings. The van der Waals surface area contributed by atoms with Crippen molar-refractivity contribution in [1.29, 1.82) is 0 Å². The molecule has 0 bridgehead atoms. The number of piperidine rings is 1. The van der Waals surface area contributed by atoms with Crippen LogP contribution in [0.3, 0.4) is 0 Å². The van der Waals surface area contributed by atoms with Gasteiger partial charge in [-0.05, 0) is 57.1 Å². The zero-order chi connectivity index (χ0) is 19.7. The fraction of sp³-hybridized carbons (Fsp3) is 0.368. The lowest BCUT2D eigenvalue weighted by atomic mass is 9.98. The quantitative estimate of drug-likeness (QED) is 0.678. The van der Waals surface area contributed by atoms with E-state index in [-0.39, 0.29) is 24.1 Å². The molecule has 154 valence electrons. The number of rotatable bonds is 4. The van der Waals surface area contributed by atoms with Crippen LogP contribution in [0.4, 0.5) is 10.3 Å². The smallest absolute Gasteiger partial charge is 0.261 e. The molecule has 0 spiro atoms. The maximum atomic E-state index is 13.1. The molecule has 8 nitrogen and oxygen atoms in total. The number of amides is 1. The summed E-state index contributed by atoms with van der Waals surface area (Å²) in [5.74, 6) is 0.850. The van der Waals surface area contributed by atoms with Crippen LogP contribution in [0.25, 0.3) is 5.69 Å². The fourth-order valence-electron chi connectivity index (χ4n) is 3.41. The molecule has 0 aliphatic carbocycles. The first kappa shape index (κ1) is 20.9. The van der Waals surface area contributed by atoms with Gasteiger partial charge in [0.25, 0.3) is 5.91 Å². The molecule has 3 aromatic rings. The molecule has 1 aromatic carbocycles. The molecule has 0 radical (unpaired) electrons. The summed E-state index contributed by atoms with van der Waals surface area (Å²) in [5.41, 5.74) is 1.77. The lowest BCUT2D eigenvalue weighted by Gasteiger charge is -2.19. The van der Waals surface area contributed by atoms with Crippen molar-refractivity contribution in [3.05, 3.63) is 53.4 Å². The molecule has 1 amide bonds. The van der Waals surface area contributed by atoms with Crippen LogP contribution >= 0.6 is 12.4 Å². The van der Waals surface area contributed by atoms with Gasteiger partial charge in [-0.1, -0.05) is 0 Å². The Morgan fingerprint density at radius 2 is 1.93 bits per heavy atom. The average molecular weight is 420 g/mol. The van der Waals surface area contributed by atoms with Crippen LogP contribution in [0.2, 0.25) is 0 Å². The molecule has 2 N–H and O–H groups in total. The van der Waals surface area contributed by atoms with E-state index in [0.29, 0.717) is 28.8 Å². The third kappa shape index (κ3) is 4.30. The van der Waals surface area contributed by atoms with E-state index in [9.17, 15) is 9.18 Å². The largest absolute Gasteiger partial charge is 0.317 e. The van der Waals surface area contributed by atoms with Gasteiger partial charge in [0.2, 0.25) is 5.95 Å². The second kappa shape index (κ2) is 8.71. The summed E-state index contributed by atoms with van der Waals surface area (Å²) >= 11 is 0. The number of halogens is 2. The summed E-state index contributed by atoms with van der Waals surface area (Å²) in [5, 5.41) is 14.9. The number of aromatic nitrogens is 5. The van der Waals surface area contributed by atoms with Gasteiger partial charge < -0.3 is 5.32 Å². The normalized spacial score (nSPS) is 14.4. The number of nitrogens with zero attached hydrogens (tertiary/aromatic N) is 5. The van der Waals surface area contributed by atoms with Crippen LogP contribution in [-0.2, 0) is 7.05 Å². The second-order valence-electron chi connectivity index (χ2n) is 6.93. The first-order valence-corrected chi connectivity index (χ1v) is 9.26. The van der Waals surface area contributed by atoms with Crippen molar-refractivity contribution in [2.24, 2.45) is 7.05 Å². The van der Waals surface area contributed by atoms with E-state index >= 15 is 0 Å². The predicted octanol–water partition coefficient (Wildman–Crippen LogP) is 2.59. The van der Waals surface area contributed by atoms with Crippen molar-refractivity contribution in [2.75, 3.05) is 18.4 Å². The summed E-state index contributed by atoms with van der Waals surface area (Å²) in [7, 11) is 1.77. The molecule has 29 heavy (non-hydrogen) atoms. The Bertz CT molecular complexity index is 993. The Labute approximate surface area is 173 Å². The standard InChI is InChI=1S/C19H22FN7O.ClH/c1-12-16(11-22-27(12)15-5-3-14(20)4-6-15)18(28)24-19-23-17(25-26(19)2)13-7-9-21-10-8-13;/h3-6,11,13,21H,7-10H2,1-2H3,(H,23,24,25,28);1H. The SMILES string of the molecule is Cc1c(C(=O)Nc2nc(C3CCNCC3)nn2C)cnn1-c1ccc(F)cc1.Cl. The monoisotopic (exact) mass is 419 g/mol. The van der Waals surface area contributed by atoms with Crippen molar-refractivity contribution in [1.82, 2.24) is 29.9 Å². The summed E-state index contributed by atoms with van der Waals surface area (Å²) in [6, 6.07) is 5.95. The Hall–Kier alpha value is -2.78. The highest BCUT2D eigenvalue weighted by Crippen LogP contribution is 2.23. The van der Waals surface area contributed by atoms with Gasteiger partial charge in [0.1, 0.15) is 5.82 Å². The van der Waals surface area contributed by atoms with Crippen LogP contribution < -0.4 is 10.6 Å². The highest BCUT2D eigenvalue weighted by atomic mass is 35.5. The number of hydrogen-bond donors (Lipinski definition) is 2. The van der Waals surface area contributed by atoms with Crippen molar-refractivity contribution < 1.29 is 9.18 Å². The summed E-state index contributed by atoms with van der Waals surface area (Å²) in [6.07, 6.45) is 3.47. The number of carbonyl (C=O) groups is 1. The van der Waals surface area contributed by atoms with E-state index in [1.165, 1.54) is 18.3 Å². The van der Waals surface area contributed by atoms with E-state index < -0.39 is 0 Å². The first-order valence-electron chi connectivity index (χ1n) is 9.26. The second-order valence-corrected chi connectivity index (χ2v) is 6.93. The Morgan fingerprint density at radius 3 is 2.62 bits per heavy atom. The topological polar surface area (TPSA) is 89.7 Å². The zero-order valence-electron chi connectivity index (χ0n) is 16.2. The molecule has 0 saturated carbocycles. The molecule has 2 aromatic heterocycles. The van der Waals surface area contributed by atoms with E-state index in [2.05, 4.69) is 25.8 Å². The molecule has 3 heterocycles. The van der Waals surface area contributed by atoms with Gasteiger partial charge in [0, 0.05) is 13.0 Å². The third-order valence-electron chi connectivity index (χ3n) is 5.03. The molecule has 1 aliphatic rings. The summed E-state index contributed by atoms with van der Waals surface area (Å²) < 4.78 is 16.3.